The number of amides is 2. The lowest BCUT2D eigenvalue weighted by Crippen LogP contribution is -2.35. The van der Waals surface area contributed by atoms with Gasteiger partial charge in [0.1, 0.15) is 0 Å². The summed E-state index contributed by atoms with van der Waals surface area (Å²) in [6.45, 7) is 1.01. The van der Waals surface area contributed by atoms with Gasteiger partial charge in [-0.3, -0.25) is 9.59 Å². The van der Waals surface area contributed by atoms with E-state index in [1.54, 1.807) is 50.5 Å². The molecule has 2 amide bonds. The van der Waals surface area contributed by atoms with Crippen molar-refractivity contribution in [1.29, 1.82) is 0 Å². The van der Waals surface area contributed by atoms with Crippen LogP contribution >= 0.6 is 0 Å². The van der Waals surface area contributed by atoms with E-state index in [4.69, 9.17) is 0 Å². The Morgan fingerprint density at radius 1 is 0.931 bits per heavy atom. The summed E-state index contributed by atoms with van der Waals surface area (Å²) in [7, 11) is -0.306. The van der Waals surface area contributed by atoms with E-state index in [0.29, 0.717) is 24.3 Å². The Morgan fingerprint density at radius 2 is 1.59 bits per heavy atom. The Bertz CT molecular complexity index is 1010. The number of piperidine rings is 1. The molecular formula is C21H25N3O4S. The van der Waals surface area contributed by atoms with Gasteiger partial charge in [0, 0.05) is 44.0 Å². The number of rotatable bonds is 5. The van der Waals surface area contributed by atoms with Gasteiger partial charge in [0.2, 0.25) is 10.0 Å². The second-order valence-electron chi connectivity index (χ2n) is 7.23. The van der Waals surface area contributed by atoms with Crippen LogP contribution in [0.15, 0.2) is 53.4 Å². The highest BCUT2D eigenvalue weighted by atomic mass is 32.2. The Hall–Kier alpha value is -2.71. The summed E-state index contributed by atoms with van der Waals surface area (Å²) in [4.78, 5) is 26.3. The molecule has 1 aliphatic heterocycles. The third kappa shape index (κ3) is 4.83. The summed E-state index contributed by atoms with van der Waals surface area (Å²) in [5.74, 6) is -0.606. The third-order valence-corrected chi connectivity index (χ3v) is 6.72. The van der Waals surface area contributed by atoms with Crippen molar-refractivity contribution in [2.24, 2.45) is 0 Å². The molecule has 0 saturated carbocycles. The zero-order chi connectivity index (χ0) is 21.0. The highest BCUT2D eigenvalue weighted by molar-refractivity contribution is 7.89. The van der Waals surface area contributed by atoms with Crippen LogP contribution in [0.1, 0.15) is 40.0 Å². The lowest BCUT2D eigenvalue weighted by Gasteiger charge is -2.26. The minimum absolute atomic E-state index is 0.114. The van der Waals surface area contributed by atoms with Crippen molar-refractivity contribution in [3.8, 4) is 0 Å². The zero-order valence-corrected chi connectivity index (χ0v) is 17.4. The summed E-state index contributed by atoms with van der Waals surface area (Å²) in [6, 6.07) is 12.7. The van der Waals surface area contributed by atoms with Crippen LogP contribution in [-0.4, -0.2) is 56.6 Å². The number of carbonyl (C=O) groups excluding carboxylic acids is 2. The minimum atomic E-state index is -3.62. The Morgan fingerprint density at radius 3 is 2.28 bits per heavy atom. The van der Waals surface area contributed by atoms with E-state index in [1.165, 1.54) is 21.3 Å². The van der Waals surface area contributed by atoms with Crippen LogP contribution in [0.5, 0.6) is 0 Å². The van der Waals surface area contributed by atoms with E-state index in [9.17, 15) is 18.0 Å². The predicted octanol–water partition coefficient (Wildman–Crippen LogP) is 2.82. The van der Waals surface area contributed by atoms with Gasteiger partial charge in [-0.15, -0.1) is 0 Å². The molecule has 1 N–H and O–H groups in total. The topological polar surface area (TPSA) is 86.8 Å². The molecule has 0 atom stereocenters. The van der Waals surface area contributed by atoms with Crippen LogP contribution in [0.2, 0.25) is 0 Å². The molecule has 0 spiro atoms. The largest absolute Gasteiger partial charge is 0.345 e. The Balaban J connectivity index is 1.80. The summed E-state index contributed by atoms with van der Waals surface area (Å²) in [6.07, 6.45) is 2.73. The Labute approximate surface area is 171 Å². The fourth-order valence-corrected chi connectivity index (χ4v) is 4.81. The number of hydrogen-bond acceptors (Lipinski definition) is 4. The molecule has 0 radical (unpaired) electrons. The van der Waals surface area contributed by atoms with E-state index in [0.717, 1.165) is 19.3 Å². The average molecular weight is 416 g/mol. The first-order valence-corrected chi connectivity index (χ1v) is 11.0. The normalized spacial score (nSPS) is 15.0. The number of nitrogens with zero attached hydrogens (tertiary/aromatic N) is 2. The van der Waals surface area contributed by atoms with E-state index in [-0.39, 0.29) is 16.4 Å². The van der Waals surface area contributed by atoms with Crippen molar-refractivity contribution in [2.75, 3.05) is 32.5 Å². The molecule has 154 valence electrons. The first-order chi connectivity index (χ1) is 13.8. The molecule has 1 aliphatic rings. The number of sulfonamides is 1. The molecule has 0 aliphatic carbocycles. The summed E-state index contributed by atoms with van der Waals surface area (Å²) in [5.41, 5.74) is 1.16. The van der Waals surface area contributed by atoms with Gasteiger partial charge in [0.05, 0.1) is 4.90 Å². The van der Waals surface area contributed by atoms with Gasteiger partial charge in [-0.1, -0.05) is 18.6 Å². The molecule has 1 saturated heterocycles. The highest BCUT2D eigenvalue weighted by Gasteiger charge is 2.26. The van der Waals surface area contributed by atoms with Crippen LogP contribution in [0.3, 0.4) is 0 Å². The Kier molecular flexibility index (Phi) is 6.34. The van der Waals surface area contributed by atoms with Crippen molar-refractivity contribution >= 4 is 27.5 Å². The molecule has 0 unspecified atom stereocenters. The molecule has 1 heterocycles. The monoisotopic (exact) mass is 415 g/mol. The van der Waals surface area contributed by atoms with E-state index in [1.807, 2.05) is 0 Å². The predicted molar refractivity (Wildman–Crippen MR) is 111 cm³/mol. The van der Waals surface area contributed by atoms with Gasteiger partial charge in [0.25, 0.3) is 11.8 Å². The summed E-state index contributed by atoms with van der Waals surface area (Å²) < 4.78 is 27.2. The summed E-state index contributed by atoms with van der Waals surface area (Å²) in [5, 5.41) is 2.73. The lowest BCUT2D eigenvalue weighted by atomic mass is 10.1. The first kappa shape index (κ1) is 21.0. The standard InChI is InChI=1S/C21H25N3O4S/c1-23(2)21(26)17-9-6-10-18(14-17)22-20(25)16-8-7-11-19(15-16)29(27,28)24-12-4-3-5-13-24/h6-11,14-15H,3-5,12-13H2,1-2H3,(H,22,25). The maximum atomic E-state index is 12.9. The van der Waals surface area contributed by atoms with E-state index >= 15 is 0 Å². The number of carbonyl (C=O) groups is 2. The van der Waals surface area contributed by atoms with Crippen LogP contribution in [0.4, 0.5) is 5.69 Å². The SMILES string of the molecule is CN(C)C(=O)c1cccc(NC(=O)c2cccc(S(=O)(=O)N3CCCCC3)c2)c1. The fourth-order valence-electron chi connectivity index (χ4n) is 3.24. The van der Waals surface area contributed by atoms with Gasteiger partial charge in [-0.05, 0) is 49.2 Å². The number of nitrogens with one attached hydrogen (secondary N) is 1. The second kappa shape index (κ2) is 8.75. The van der Waals surface area contributed by atoms with E-state index < -0.39 is 15.9 Å². The quantitative estimate of drug-likeness (QED) is 0.814. The number of benzene rings is 2. The fraction of sp³-hybridized carbons (Fsp3) is 0.333. The minimum Gasteiger partial charge on any atom is -0.345 e. The van der Waals surface area contributed by atoms with Gasteiger partial charge in [-0.2, -0.15) is 4.31 Å². The third-order valence-electron chi connectivity index (χ3n) is 4.82. The van der Waals surface area contributed by atoms with Gasteiger partial charge in [0.15, 0.2) is 0 Å². The molecule has 1 fully saturated rings. The van der Waals surface area contributed by atoms with Crippen LogP contribution in [0, 0.1) is 0 Å². The molecule has 2 aromatic carbocycles. The molecular weight excluding hydrogens is 390 g/mol. The number of hydrogen-bond donors (Lipinski definition) is 1. The molecule has 8 heteroatoms. The van der Waals surface area contributed by atoms with Crippen molar-refractivity contribution in [3.63, 3.8) is 0 Å². The molecule has 2 aromatic rings. The average Bonchev–Trinajstić information content (AvgIpc) is 2.74. The van der Waals surface area contributed by atoms with Crippen LogP contribution in [0.25, 0.3) is 0 Å². The van der Waals surface area contributed by atoms with Gasteiger partial charge in [-0.25, -0.2) is 8.42 Å². The number of anilines is 1. The maximum Gasteiger partial charge on any atom is 0.255 e. The highest BCUT2D eigenvalue weighted by Crippen LogP contribution is 2.22. The van der Waals surface area contributed by atoms with Crippen LogP contribution in [-0.2, 0) is 10.0 Å². The second-order valence-corrected chi connectivity index (χ2v) is 9.17. The first-order valence-electron chi connectivity index (χ1n) is 9.52. The molecule has 3 rings (SSSR count). The van der Waals surface area contributed by atoms with Crippen molar-refractivity contribution < 1.29 is 18.0 Å². The smallest absolute Gasteiger partial charge is 0.255 e. The van der Waals surface area contributed by atoms with E-state index in [2.05, 4.69) is 5.32 Å². The van der Waals surface area contributed by atoms with Gasteiger partial charge < -0.3 is 10.2 Å². The molecule has 7 nitrogen and oxygen atoms in total. The van der Waals surface area contributed by atoms with Crippen molar-refractivity contribution in [1.82, 2.24) is 9.21 Å². The lowest BCUT2D eigenvalue weighted by molar-refractivity contribution is 0.0827. The molecule has 0 aromatic heterocycles. The van der Waals surface area contributed by atoms with Crippen molar-refractivity contribution in [2.45, 2.75) is 24.2 Å². The molecule has 29 heavy (non-hydrogen) atoms. The van der Waals surface area contributed by atoms with Crippen LogP contribution < -0.4 is 5.32 Å². The summed E-state index contributed by atoms with van der Waals surface area (Å²) >= 11 is 0. The van der Waals surface area contributed by atoms with Crippen molar-refractivity contribution in [3.05, 3.63) is 59.7 Å². The zero-order valence-electron chi connectivity index (χ0n) is 16.6. The van der Waals surface area contributed by atoms with Gasteiger partial charge >= 0.3 is 0 Å². The maximum absolute atomic E-state index is 12.9. The molecule has 0 bridgehead atoms.